The number of nitrogens with zero attached hydrogens (tertiary/aromatic N) is 2. The van der Waals surface area contributed by atoms with Crippen molar-refractivity contribution in [3.63, 3.8) is 0 Å². The van der Waals surface area contributed by atoms with Crippen LogP contribution in [0.1, 0.15) is 17.7 Å². The lowest BCUT2D eigenvalue weighted by Crippen LogP contribution is -2.36. The molecule has 0 radical (unpaired) electrons. The van der Waals surface area contributed by atoms with E-state index < -0.39 is 0 Å². The summed E-state index contributed by atoms with van der Waals surface area (Å²) in [5.41, 5.74) is 3.60. The highest BCUT2D eigenvalue weighted by Gasteiger charge is 2.07. The molecule has 3 nitrogen and oxygen atoms in total. The van der Waals surface area contributed by atoms with Crippen molar-refractivity contribution in [2.24, 2.45) is 7.05 Å². The minimum absolute atomic E-state index is 0.217. The van der Waals surface area contributed by atoms with Gasteiger partial charge in [-0.3, -0.25) is 0 Å². The van der Waals surface area contributed by atoms with Crippen molar-refractivity contribution in [2.45, 2.75) is 13.0 Å². The monoisotopic (exact) mass is 293 g/mol. The highest BCUT2D eigenvalue weighted by molar-refractivity contribution is 5.91. The summed E-state index contributed by atoms with van der Waals surface area (Å²) in [4.78, 5) is 0. The second-order valence-corrected chi connectivity index (χ2v) is 5.44. The zero-order valence-electron chi connectivity index (χ0n) is 12.8. The normalized spacial score (nSPS) is 11.5. The molecule has 0 saturated carbocycles. The van der Waals surface area contributed by atoms with Crippen molar-refractivity contribution in [3.05, 3.63) is 66.1 Å². The van der Waals surface area contributed by atoms with Gasteiger partial charge in [0, 0.05) is 60.9 Å². The summed E-state index contributed by atoms with van der Waals surface area (Å²) < 4.78 is 4.32. The molecular weight excluding hydrogens is 272 g/mol. The summed E-state index contributed by atoms with van der Waals surface area (Å²) >= 11 is 0. The molecule has 22 heavy (non-hydrogen) atoms. The van der Waals surface area contributed by atoms with E-state index >= 15 is 0 Å². The average molecular weight is 293 g/mol. The highest BCUT2D eigenvalue weighted by Crippen LogP contribution is 2.21. The SMILES string of the molecule is Cn1cc(/C=C/c2cccc[n+]2CCCO)c2ccccc21. The molecule has 0 aliphatic heterocycles. The molecule has 3 aromatic rings. The van der Waals surface area contributed by atoms with E-state index in [1.807, 2.05) is 12.1 Å². The lowest BCUT2D eigenvalue weighted by atomic mass is 10.1. The van der Waals surface area contributed by atoms with Gasteiger partial charge in [-0.25, -0.2) is 0 Å². The van der Waals surface area contributed by atoms with Gasteiger partial charge in [-0.1, -0.05) is 18.2 Å². The Bertz CT molecular complexity index is 802. The van der Waals surface area contributed by atoms with Gasteiger partial charge in [0.2, 0.25) is 5.69 Å². The number of pyridine rings is 1. The fourth-order valence-corrected chi connectivity index (χ4v) is 2.77. The average Bonchev–Trinajstić information content (AvgIpc) is 2.88. The molecule has 0 spiro atoms. The molecule has 0 aliphatic rings. The Kier molecular flexibility index (Phi) is 4.35. The minimum Gasteiger partial charge on any atom is -0.396 e. The van der Waals surface area contributed by atoms with Crippen LogP contribution in [0.3, 0.4) is 0 Å². The van der Waals surface area contributed by atoms with Gasteiger partial charge in [0.1, 0.15) is 0 Å². The van der Waals surface area contributed by atoms with E-state index in [1.165, 1.54) is 16.5 Å². The van der Waals surface area contributed by atoms with Crippen LogP contribution < -0.4 is 4.57 Å². The van der Waals surface area contributed by atoms with Crippen molar-refractivity contribution in [3.8, 4) is 0 Å². The lowest BCUT2D eigenvalue weighted by molar-refractivity contribution is -0.699. The van der Waals surface area contributed by atoms with Crippen LogP contribution in [0.5, 0.6) is 0 Å². The number of aliphatic hydroxyl groups excluding tert-OH is 1. The lowest BCUT2D eigenvalue weighted by Gasteiger charge is -1.99. The maximum Gasteiger partial charge on any atom is 0.205 e. The minimum atomic E-state index is 0.217. The largest absolute Gasteiger partial charge is 0.396 e. The molecule has 2 aromatic heterocycles. The topological polar surface area (TPSA) is 29.0 Å². The number of benzene rings is 1. The Labute approximate surface area is 130 Å². The van der Waals surface area contributed by atoms with Gasteiger partial charge in [-0.05, 0) is 18.2 Å². The summed E-state index contributed by atoms with van der Waals surface area (Å²) in [6.07, 6.45) is 9.27. The van der Waals surface area contributed by atoms with E-state index in [4.69, 9.17) is 5.11 Å². The summed E-state index contributed by atoms with van der Waals surface area (Å²) in [5.74, 6) is 0. The van der Waals surface area contributed by atoms with Gasteiger partial charge in [0.05, 0.1) is 0 Å². The molecule has 0 amide bonds. The molecule has 112 valence electrons. The van der Waals surface area contributed by atoms with Crippen LogP contribution in [-0.4, -0.2) is 16.3 Å². The predicted octanol–water partition coefficient (Wildman–Crippen LogP) is 3.02. The van der Waals surface area contributed by atoms with Crippen LogP contribution in [0.4, 0.5) is 0 Å². The van der Waals surface area contributed by atoms with E-state index in [1.54, 1.807) is 0 Å². The Hall–Kier alpha value is -2.39. The van der Waals surface area contributed by atoms with Gasteiger partial charge >= 0.3 is 0 Å². The van der Waals surface area contributed by atoms with Gasteiger partial charge in [-0.15, -0.1) is 0 Å². The molecule has 3 rings (SSSR count). The predicted molar refractivity (Wildman–Crippen MR) is 90.2 cm³/mol. The van der Waals surface area contributed by atoms with E-state index in [0.717, 1.165) is 18.7 Å². The smallest absolute Gasteiger partial charge is 0.205 e. The van der Waals surface area contributed by atoms with E-state index in [0.29, 0.717) is 0 Å². The van der Waals surface area contributed by atoms with E-state index in [2.05, 4.69) is 71.1 Å². The van der Waals surface area contributed by atoms with E-state index in [-0.39, 0.29) is 6.61 Å². The zero-order valence-corrected chi connectivity index (χ0v) is 12.8. The Balaban J connectivity index is 1.93. The van der Waals surface area contributed by atoms with Gasteiger partial charge in [-0.2, -0.15) is 4.57 Å². The summed E-state index contributed by atoms with van der Waals surface area (Å²) in [7, 11) is 2.07. The molecule has 3 heteroatoms. The number of para-hydroxylation sites is 1. The third-order valence-electron chi connectivity index (χ3n) is 3.89. The maximum absolute atomic E-state index is 9.01. The number of aliphatic hydroxyl groups is 1. The summed E-state index contributed by atoms with van der Waals surface area (Å²) in [5, 5.41) is 10.3. The number of fused-ring (bicyclic) bond motifs is 1. The third-order valence-corrected chi connectivity index (χ3v) is 3.89. The molecule has 2 heterocycles. The summed E-state index contributed by atoms with van der Waals surface area (Å²) in [6, 6.07) is 14.6. The van der Waals surface area contributed by atoms with Crippen molar-refractivity contribution in [1.29, 1.82) is 0 Å². The number of aryl methyl sites for hydroxylation is 2. The first-order chi connectivity index (χ1) is 10.8. The second kappa shape index (κ2) is 6.58. The molecule has 0 bridgehead atoms. The number of aromatic nitrogens is 2. The van der Waals surface area contributed by atoms with Crippen LogP contribution >= 0.6 is 0 Å². The first-order valence-electron chi connectivity index (χ1n) is 7.61. The highest BCUT2D eigenvalue weighted by atomic mass is 16.3. The maximum atomic E-state index is 9.01. The van der Waals surface area contributed by atoms with Gasteiger partial charge < -0.3 is 9.67 Å². The number of rotatable bonds is 5. The quantitative estimate of drug-likeness (QED) is 0.720. The van der Waals surface area contributed by atoms with Crippen molar-refractivity contribution in [2.75, 3.05) is 6.61 Å². The fraction of sp³-hybridized carbons (Fsp3) is 0.211. The van der Waals surface area contributed by atoms with E-state index in [9.17, 15) is 0 Å². The van der Waals surface area contributed by atoms with Crippen LogP contribution in [0.15, 0.2) is 54.9 Å². The molecule has 0 atom stereocenters. The van der Waals surface area contributed by atoms with Crippen LogP contribution in [0.25, 0.3) is 23.1 Å². The number of hydrogen-bond acceptors (Lipinski definition) is 1. The molecule has 1 N–H and O–H groups in total. The Morgan fingerprint density at radius 2 is 1.91 bits per heavy atom. The van der Waals surface area contributed by atoms with Crippen molar-refractivity contribution in [1.82, 2.24) is 4.57 Å². The molecule has 0 unspecified atom stereocenters. The molecule has 0 saturated heterocycles. The second-order valence-electron chi connectivity index (χ2n) is 5.44. The zero-order chi connectivity index (χ0) is 15.4. The Morgan fingerprint density at radius 1 is 1.09 bits per heavy atom. The van der Waals surface area contributed by atoms with Gasteiger partial charge in [0.25, 0.3) is 0 Å². The first-order valence-corrected chi connectivity index (χ1v) is 7.61. The van der Waals surface area contributed by atoms with Crippen LogP contribution in [-0.2, 0) is 13.6 Å². The summed E-state index contributed by atoms with van der Waals surface area (Å²) in [6.45, 7) is 1.04. The molecular formula is C19H21N2O+. The standard InChI is InChI=1S/C19H21N2O/c1-20-15-16(18-8-2-3-9-19(18)20)10-11-17-7-4-5-12-21(17)13-6-14-22/h2-5,7-12,15,22H,6,13-14H2,1H3/q+1. The molecule has 1 aromatic carbocycles. The molecule has 0 fully saturated rings. The first kappa shape index (κ1) is 14.5. The Morgan fingerprint density at radius 3 is 2.77 bits per heavy atom. The third kappa shape index (κ3) is 2.95. The van der Waals surface area contributed by atoms with Crippen LogP contribution in [0, 0.1) is 0 Å². The van der Waals surface area contributed by atoms with Crippen molar-refractivity contribution >= 4 is 23.1 Å². The van der Waals surface area contributed by atoms with Crippen molar-refractivity contribution < 1.29 is 9.67 Å². The van der Waals surface area contributed by atoms with Gasteiger partial charge in [0.15, 0.2) is 12.7 Å². The van der Waals surface area contributed by atoms with Crippen LogP contribution in [0.2, 0.25) is 0 Å². The molecule has 0 aliphatic carbocycles. The number of hydrogen-bond donors (Lipinski definition) is 1. The fourth-order valence-electron chi connectivity index (χ4n) is 2.77.